The van der Waals surface area contributed by atoms with Crippen LogP contribution in [0.15, 0.2) is 78.9 Å². The quantitative estimate of drug-likeness (QED) is 0.534. The van der Waals surface area contributed by atoms with E-state index in [0.29, 0.717) is 11.3 Å². The highest BCUT2D eigenvalue weighted by molar-refractivity contribution is 5.97. The highest BCUT2D eigenvalue weighted by Gasteiger charge is 2.52. The predicted molar refractivity (Wildman–Crippen MR) is 138 cm³/mol. The van der Waals surface area contributed by atoms with Gasteiger partial charge in [0.25, 0.3) is 5.91 Å². The van der Waals surface area contributed by atoms with Crippen molar-refractivity contribution >= 4 is 5.91 Å². The number of ether oxygens (including phenoxy) is 1. The van der Waals surface area contributed by atoms with Gasteiger partial charge < -0.3 is 20.1 Å². The van der Waals surface area contributed by atoms with Gasteiger partial charge in [-0.2, -0.15) is 0 Å². The van der Waals surface area contributed by atoms with Crippen LogP contribution in [0, 0.1) is 0 Å². The average Bonchev–Trinajstić information content (AvgIpc) is 3.13. The van der Waals surface area contributed by atoms with Crippen molar-refractivity contribution in [3.63, 3.8) is 0 Å². The Morgan fingerprint density at radius 3 is 2.46 bits per heavy atom. The number of likely N-dealkylation sites (tertiary alicyclic amines) is 1. The molecule has 0 unspecified atom stereocenters. The molecular formula is C30H34N2O3. The van der Waals surface area contributed by atoms with E-state index in [1.54, 1.807) is 19.2 Å². The van der Waals surface area contributed by atoms with E-state index in [9.17, 15) is 9.90 Å². The summed E-state index contributed by atoms with van der Waals surface area (Å²) >= 11 is 0. The SMILES string of the molecule is COc1ccccc1C(=O)N[C@@H]1c2ccccc2C2(CCN(CCCc3ccccc3)CC2)[C@H]1O. The number of hydrogen-bond donors (Lipinski definition) is 2. The molecule has 0 radical (unpaired) electrons. The molecule has 1 saturated heterocycles. The second-order valence-electron chi connectivity index (χ2n) is 9.77. The molecule has 1 aliphatic heterocycles. The molecule has 182 valence electrons. The number of carbonyl (C=O) groups excluding carboxylic acids is 1. The normalized spacial score (nSPS) is 21.0. The Morgan fingerprint density at radius 2 is 1.69 bits per heavy atom. The van der Waals surface area contributed by atoms with Crippen molar-refractivity contribution in [2.45, 2.75) is 43.2 Å². The Morgan fingerprint density at radius 1 is 1.00 bits per heavy atom. The third-order valence-corrected chi connectivity index (χ3v) is 7.88. The lowest BCUT2D eigenvalue weighted by Crippen LogP contribution is -2.50. The van der Waals surface area contributed by atoms with Crippen molar-refractivity contribution in [1.29, 1.82) is 0 Å². The highest BCUT2D eigenvalue weighted by atomic mass is 16.5. The number of carbonyl (C=O) groups is 1. The van der Waals surface area contributed by atoms with Gasteiger partial charge in [-0.3, -0.25) is 4.79 Å². The molecule has 3 aromatic carbocycles. The van der Waals surface area contributed by atoms with Crippen LogP contribution < -0.4 is 10.1 Å². The number of benzene rings is 3. The molecule has 3 aromatic rings. The third kappa shape index (κ3) is 4.58. The van der Waals surface area contributed by atoms with Crippen molar-refractivity contribution in [2.24, 2.45) is 0 Å². The van der Waals surface area contributed by atoms with Crippen molar-refractivity contribution in [1.82, 2.24) is 10.2 Å². The monoisotopic (exact) mass is 470 g/mol. The van der Waals surface area contributed by atoms with Crippen LogP contribution in [0.4, 0.5) is 0 Å². The first kappa shape index (κ1) is 23.6. The number of fused-ring (bicyclic) bond motifs is 2. The number of aliphatic hydroxyl groups is 1. The van der Waals surface area contributed by atoms with Gasteiger partial charge in [-0.1, -0.05) is 66.7 Å². The number of aliphatic hydroxyl groups excluding tert-OH is 1. The Labute approximate surface area is 207 Å². The van der Waals surface area contributed by atoms with Crippen LogP contribution >= 0.6 is 0 Å². The Bertz CT molecular complexity index is 1160. The number of aryl methyl sites for hydroxylation is 1. The lowest BCUT2D eigenvalue weighted by Gasteiger charge is -2.43. The van der Waals surface area contributed by atoms with Gasteiger partial charge >= 0.3 is 0 Å². The van der Waals surface area contributed by atoms with Gasteiger partial charge in [0, 0.05) is 5.41 Å². The summed E-state index contributed by atoms with van der Waals surface area (Å²) in [6, 6.07) is 25.6. The average molecular weight is 471 g/mol. The highest BCUT2D eigenvalue weighted by Crippen LogP contribution is 2.51. The second kappa shape index (κ2) is 10.2. The van der Waals surface area contributed by atoms with E-state index in [4.69, 9.17) is 4.74 Å². The second-order valence-corrected chi connectivity index (χ2v) is 9.77. The number of para-hydroxylation sites is 1. The molecule has 35 heavy (non-hydrogen) atoms. The lowest BCUT2D eigenvalue weighted by atomic mass is 9.72. The molecule has 1 spiro atoms. The van der Waals surface area contributed by atoms with E-state index in [0.717, 1.165) is 50.9 Å². The first-order valence-corrected chi connectivity index (χ1v) is 12.6. The van der Waals surface area contributed by atoms with E-state index >= 15 is 0 Å². The molecule has 2 atom stereocenters. The topological polar surface area (TPSA) is 61.8 Å². The zero-order valence-corrected chi connectivity index (χ0v) is 20.3. The molecular weight excluding hydrogens is 436 g/mol. The molecule has 1 aliphatic carbocycles. The fraction of sp³-hybridized carbons (Fsp3) is 0.367. The van der Waals surface area contributed by atoms with Gasteiger partial charge in [-0.05, 0) is 74.1 Å². The van der Waals surface area contributed by atoms with Gasteiger partial charge in [0.15, 0.2) is 0 Å². The van der Waals surface area contributed by atoms with Crippen molar-refractivity contribution in [3.05, 3.63) is 101 Å². The van der Waals surface area contributed by atoms with Crippen LogP contribution in [0.5, 0.6) is 5.75 Å². The largest absolute Gasteiger partial charge is 0.496 e. The fourth-order valence-electron chi connectivity index (χ4n) is 5.97. The molecule has 0 aromatic heterocycles. The van der Waals surface area contributed by atoms with Gasteiger partial charge in [0.2, 0.25) is 0 Å². The number of methoxy groups -OCH3 is 1. The Kier molecular flexibility index (Phi) is 6.89. The number of nitrogens with one attached hydrogen (secondary N) is 1. The Balaban J connectivity index is 1.28. The third-order valence-electron chi connectivity index (χ3n) is 7.88. The minimum atomic E-state index is -0.662. The molecule has 2 aliphatic rings. The summed E-state index contributed by atoms with van der Waals surface area (Å²) in [5.74, 6) is 0.306. The minimum Gasteiger partial charge on any atom is -0.496 e. The summed E-state index contributed by atoms with van der Waals surface area (Å²) < 4.78 is 5.38. The van der Waals surface area contributed by atoms with Crippen LogP contribution in [-0.2, 0) is 11.8 Å². The van der Waals surface area contributed by atoms with Crippen LogP contribution in [0.25, 0.3) is 0 Å². The number of nitrogens with zero attached hydrogens (tertiary/aromatic N) is 1. The molecule has 2 N–H and O–H groups in total. The molecule has 1 heterocycles. The fourth-order valence-corrected chi connectivity index (χ4v) is 5.97. The van der Waals surface area contributed by atoms with Crippen molar-refractivity contribution in [3.8, 4) is 5.75 Å². The minimum absolute atomic E-state index is 0.225. The van der Waals surface area contributed by atoms with Gasteiger partial charge in [0.1, 0.15) is 5.75 Å². The van der Waals surface area contributed by atoms with Crippen LogP contribution in [0.3, 0.4) is 0 Å². The summed E-state index contributed by atoms with van der Waals surface area (Å²) in [5, 5.41) is 14.8. The van der Waals surface area contributed by atoms with E-state index in [1.807, 2.05) is 30.3 Å². The van der Waals surface area contributed by atoms with E-state index in [-0.39, 0.29) is 11.3 Å². The number of amides is 1. The lowest BCUT2D eigenvalue weighted by molar-refractivity contribution is 0.0206. The van der Waals surface area contributed by atoms with E-state index in [1.165, 1.54) is 11.1 Å². The van der Waals surface area contributed by atoms with Gasteiger partial charge in [-0.25, -0.2) is 0 Å². The zero-order valence-electron chi connectivity index (χ0n) is 20.3. The summed E-state index contributed by atoms with van der Waals surface area (Å²) in [4.78, 5) is 15.7. The summed E-state index contributed by atoms with van der Waals surface area (Å²) in [5.41, 5.74) is 3.75. The maximum Gasteiger partial charge on any atom is 0.255 e. The molecule has 5 rings (SSSR count). The van der Waals surface area contributed by atoms with Gasteiger partial charge in [0.05, 0.1) is 24.8 Å². The zero-order chi connectivity index (χ0) is 24.3. The number of piperidine rings is 1. The molecule has 1 fully saturated rings. The first-order chi connectivity index (χ1) is 17.1. The standard InChI is InChI=1S/C30H34N2O3/c1-35-26-16-8-6-14-24(26)29(34)31-27-23-13-5-7-15-25(23)30(28(27)33)17-20-32(21-18-30)19-9-12-22-10-3-2-4-11-22/h2-8,10-11,13-16,27-28,33H,9,12,17-21H2,1H3,(H,31,34)/t27-,28+/m1/s1. The smallest absolute Gasteiger partial charge is 0.255 e. The van der Waals surface area contributed by atoms with Crippen LogP contribution in [0.1, 0.15) is 52.4 Å². The van der Waals surface area contributed by atoms with Crippen LogP contribution in [-0.4, -0.2) is 48.8 Å². The molecule has 1 amide bonds. The number of hydrogen-bond acceptors (Lipinski definition) is 4. The molecule has 0 bridgehead atoms. The molecule has 0 saturated carbocycles. The molecule has 5 heteroatoms. The maximum absolute atomic E-state index is 13.2. The van der Waals surface area contributed by atoms with E-state index in [2.05, 4.69) is 46.6 Å². The summed E-state index contributed by atoms with van der Waals surface area (Å²) in [6.45, 7) is 2.97. The predicted octanol–water partition coefficient (Wildman–Crippen LogP) is 4.51. The Hall–Kier alpha value is -3.15. The van der Waals surface area contributed by atoms with Crippen molar-refractivity contribution < 1.29 is 14.6 Å². The first-order valence-electron chi connectivity index (χ1n) is 12.6. The van der Waals surface area contributed by atoms with Crippen molar-refractivity contribution in [2.75, 3.05) is 26.7 Å². The maximum atomic E-state index is 13.2. The van der Waals surface area contributed by atoms with Crippen LogP contribution in [0.2, 0.25) is 0 Å². The molecule has 5 nitrogen and oxygen atoms in total. The van der Waals surface area contributed by atoms with E-state index < -0.39 is 12.1 Å². The van der Waals surface area contributed by atoms with Gasteiger partial charge in [-0.15, -0.1) is 0 Å². The number of rotatable bonds is 7. The summed E-state index contributed by atoms with van der Waals surface area (Å²) in [7, 11) is 1.56. The summed E-state index contributed by atoms with van der Waals surface area (Å²) in [6.07, 6.45) is 3.33.